The molecule has 0 amide bonds. The van der Waals surface area contributed by atoms with Crippen LogP contribution in [0.15, 0.2) is 0 Å². The van der Waals surface area contributed by atoms with Crippen molar-refractivity contribution in [2.75, 3.05) is 7.11 Å². The molecule has 0 spiro atoms. The molecule has 0 radical (unpaired) electrons. The molecule has 0 aliphatic carbocycles. The zero-order valence-electron chi connectivity index (χ0n) is 6.01. The summed E-state index contributed by atoms with van der Waals surface area (Å²) in [5.41, 5.74) is 0. The summed E-state index contributed by atoms with van der Waals surface area (Å²) in [5.74, 6) is -1.08. The molecule has 4 heteroatoms. The molecule has 0 saturated carbocycles. The van der Waals surface area contributed by atoms with Crippen LogP contribution in [-0.2, 0) is 35.7 Å². The first-order chi connectivity index (χ1) is 4.00. The molecule has 1 unspecified atom stereocenters. The van der Waals surface area contributed by atoms with Crippen LogP contribution in [0.5, 0.6) is 0 Å². The van der Waals surface area contributed by atoms with Gasteiger partial charge in [0.2, 0.25) is 0 Å². The van der Waals surface area contributed by atoms with Gasteiger partial charge in [0.15, 0.2) is 0 Å². The Bertz CT molecular complexity index is 68.6. The van der Waals surface area contributed by atoms with E-state index in [9.17, 15) is 0 Å². The second-order valence-corrected chi connectivity index (χ2v) is 6.01. The monoisotopic (exact) mass is 320 g/mol. The molecule has 9 heavy (non-hydrogen) atoms. The molecule has 3 nitrogen and oxygen atoms in total. The molecule has 0 aromatic rings. The fourth-order valence-electron chi connectivity index (χ4n) is 0. The van der Waals surface area contributed by atoms with Gasteiger partial charge in [-0.3, -0.25) is 0 Å². The Morgan fingerprint density at radius 3 is 1.89 bits per heavy atom. The van der Waals surface area contributed by atoms with E-state index in [0.717, 1.165) is 33.0 Å². The minimum absolute atomic E-state index is 0.579. The molecule has 0 rings (SSSR count). The summed E-state index contributed by atoms with van der Waals surface area (Å²) in [6.07, 6.45) is 0. The van der Waals surface area contributed by atoms with Crippen LogP contribution in [0.3, 0.4) is 0 Å². The predicted molar refractivity (Wildman–Crippen MR) is 27.2 cm³/mol. The van der Waals surface area contributed by atoms with Gasteiger partial charge in [-0.05, 0) is 6.92 Å². The summed E-state index contributed by atoms with van der Waals surface area (Å²) in [4.78, 5) is 8.89. The van der Waals surface area contributed by atoms with Crippen LogP contribution in [0.2, 0.25) is 0 Å². The molecular formula is C5H10HgO3. The number of carboxylic acids is 1. The molecule has 0 aromatic carbocycles. The average Bonchev–Trinajstić information content (AvgIpc) is 1.65. The fourth-order valence-corrected chi connectivity index (χ4v) is 0. The Balaban J connectivity index is 0. The van der Waals surface area contributed by atoms with Crippen molar-refractivity contribution in [1.82, 2.24) is 0 Å². The molecule has 0 fully saturated rings. The van der Waals surface area contributed by atoms with Gasteiger partial charge in [-0.15, -0.1) is 0 Å². The normalized spacial score (nSPS) is 11.2. The van der Waals surface area contributed by atoms with E-state index in [2.05, 4.69) is 6.92 Å². The minimum atomic E-state index is -1.08. The summed E-state index contributed by atoms with van der Waals surface area (Å²) in [6, 6.07) is 0. The van der Waals surface area contributed by atoms with E-state index in [1.165, 1.54) is 0 Å². The summed E-state index contributed by atoms with van der Waals surface area (Å²) in [5, 5.41) is 8.89. The third-order valence-electron chi connectivity index (χ3n) is 0.402. The Labute approximate surface area is 71.4 Å². The van der Waals surface area contributed by atoms with Crippen LogP contribution < -0.4 is 5.11 Å². The first-order valence-electron chi connectivity index (χ1n) is 2.54. The maximum absolute atomic E-state index is 8.89. The number of carbonyl (C=O) groups is 1. The van der Waals surface area contributed by atoms with Crippen molar-refractivity contribution < 1.29 is 40.8 Å². The van der Waals surface area contributed by atoms with Gasteiger partial charge >= 0.3 is 48.5 Å². The van der Waals surface area contributed by atoms with Gasteiger partial charge in [0.1, 0.15) is 0 Å². The quantitative estimate of drug-likeness (QED) is 0.600. The van der Waals surface area contributed by atoms with Crippen molar-refractivity contribution in [2.24, 2.45) is 0 Å². The number of methoxy groups -OCH3 is 1. The molecule has 0 heterocycles. The molecule has 0 saturated heterocycles. The molecule has 50 valence electrons. The van der Waals surface area contributed by atoms with Gasteiger partial charge in [0.25, 0.3) is 0 Å². The van der Waals surface area contributed by atoms with Crippen LogP contribution in [-0.4, -0.2) is 16.7 Å². The van der Waals surface area contributed by atoms with Crippen molar-refractivity contribution in [3.05, 3.63) is 0 Å². The fraction of sp³-hybridized carbons (Fsp3) is 0.800. The van der Waals surface area contributed by atoms with Gasteiger partial charge in [-0.1, -0.05) is 0 Å². The van der Waals surface area contributed by atoms with Gasteiger partial charge in [0.05, 0.1) is 0 Å². The Morgan fingerprint density at radius 2 is 1.89 bits per heavy atom. The van der Waals surface area contributed by atoms with Crippen molar-refractivity contribution in [3.8, 4) is 0 Å². The number of hydrogen-bond donors (Lipinski definition) is 0. The van der Waals surface area contributed by atoms with Gasteiger partial charge in [-0.2, -0.15) is 0 Å². The number of carbonyl (C=O) groups excluding carboxylic acids is 1. The van der Waals surface area contributed by atoms with E-state index in [1.807, 2.05) is 0 Å². The molecule has 0 N–H and O–H groups in total. The van der Waals surface area contributed by atoms with Crippen molar-refractivity contribution in [2.45, 2.75) is 17.5 Å². The van der Waals surface area contributed by atoms with Crippen LogP contribution in [0.4, 0.5) is 0 Å². The predicted octanol–water partition coefficient (Wildman–Crippen LogP) is -0.718. The first kappa shape index (κ1) is 12.1. The van der Waals surface area contributed by atoms with E-state index >= 15 is 0 Å². The maximum atomic E-state index is 8.89. The van der Waals surface area contributed by atoms with Crippen LogP contribution in [0, 0.1) is 0 Å². The summed E-state index contributed by atoms with van der Waals surface area (Å²) < 4.78 is 5.42. The van der Waals surface area contributed by atoms with Gasteiger partial charge < -0.3 is 9.90 Å². The number of ether oxygens (including phenoxy) is 1. The summed E-state index contributed by atoms with van der Waals surface area (Å²) >= 11 is 0.806. The second-order valence-electron chi connectivity index (χ2n) is 1.54. The van der Waals surface area contributed by atoms with Gasteiger partial charge in [0, 0.05) is 5.97 Å². The topological polar surface area (TPSA) is 49.4 Å². The standard InChI is InChI=1S/C3H7O.C2H4O2.Hg/c1-3-4-2;1-2(3)4;/h3H,1-2H3;1H3,(H,3,4);/q;;+1/p-1. The first-order valence-corrected chi connectivity index (χ1v) is 5.71. The van der Waals surface area contributed by atoms with Gasteiger partial charge in [-0.25, -0.2) is 0 Å². The SMILES string of the molecule is CC(=O)[O-].CO[CH](C)[Hg+]. The summed E-state index contributed by atoms with van der Waals surface area (Å²) in [7, 11) is 1.75. The Kier molecular flexibility index (Phi) is 11.2. The molecule has 1 atom stereocenters. The zero-order chi connectivity index (χ0) is 7.86. The summed E-state index contributed by atoms with van der Waals surface area (Å²) in [6.45, 7) is 3.06. The van der Waals surface area contributed by atoms with Crippen molar-refractivity contribution in [1.29, 1.82) is 0 Å². The Morgan fingerprint density at radius 1 is 1.78 bits per heavy atom. The third kappa shape index (κ3) is 60.6. The molecule has 0 bridgehead atoms. The van der Waals surface area contributed by atoms with Crippen molar-refractivity contribution >= 4 is 5.97 Å². The third-order valence-corrected chi connectivity index (χ3v) is 1.70. The van der Waals surface area contributed by atoms with Crippen LogP contribution in [0.25, 0.3) is 0 Å². The number of carboxylic acid groups (broad SMARTS) is 1. The zero-order valence-corrected chi connectivity index (χ0v) is 11.5. The number of rotatable bonds is 1. The Hall–Kier alpha value is 0.365. The van der Waals surface area contributed by atoms with E-state index in [0.29, 0.717) is 3.61 Å². The second kappa shape index (κ2) is 8.37. The average molecular weight is 319 g/mol. The molecule has 0 aliphatic heterocycles. The number of hydrogen-bond acceptors (Lipinski definition) is 3. The van der Waals surface area contributed by atoms with E-state index < -0.39 is 5.97 Å². The van der Waals surface area contributed by atoms with E-state index in [4.69, 9.17) is 14.6 Å². The molecule has 0 aliphatic rings. The molecule has 0 aromatic heterocycles. The van der Waals surface area contributed by atoms with Crippen LogP contribution in [0.1, 0.15) is 13.8 Å². The van der Waals surface area contributed by atoms with Crippen LogP contribution >= 0.6 is 0 Å². The van der Waals surface area contributed by atoms with E-state index in [-0.39, 0.29) is 0 Å². The molecular weight excluding hydrogens is 309 g/mol. The van der Waals surface area contributed by atoms with Crippen molar-refractivity contribution in [3.63, 3.8) is 0 Å². The van der Waals surface area contributed by atoms with E-state index in [1.54, 1.807) is 7.11 Å². The number of aliphatic carboxylic acids is 1.